The number of anilines is 1. The Balaban J connectivity index is 2.40. The molecule has 1 aliphatic carbocycles. The van der Waals surface area contributed by atoms with Crippen molar-refractivity contribution in [1.82, 2.24) is 4.31 Å². The summed E-state index contributed by atoms with van der Waals surface area (Å²) >= 11 is 0. The molecule has 4 nitrogen and oxygen atoms in total. The van der Waals surface area contributed by atoms with Gasteiger partial charge in [0.25, 0.3) is 0 Å². The SMILES string of the molecule is Cc1ccc(N)cc1S(=O)(=O)N(CC1CC1)C(C)C. The fourth-order valence-corrected chi connectivity index (χ4v) is 4.14. The Morgan fingerprint density at radius 2 is 2.00 bits per heavy atom. The van der Waals surface area contributed by atoms with Gasteiger partial charge in [0.05, 0.1) is 4.90 Å². The van der Waals surface area contributed by atoms with E-state index in [1.54, 1.807) is 22.5 Å². The van der Waals surface area contributed by atoms with Crippen molar-refractivity contribution in [3.8, 4) is 0 Å². The average molecular weight is 282 g/mol. The number of hydrogen-bond acceptors (Lipinski definition) is 3. The summed E-state index contributed by atoms with van der Waals surface area (Å²) in [7, 11) is -3.46. The first-order valence-electron chi connectivity index (χ1n) is 6.70. The minimum absolute atomic E-state index is 0.0357. The van der Waals surface area contributed by atoms with Gasteiger partial charge in [-0.3, -0.25) is 0 Å². The standard InChI is InChI=1S/C14H22N2O2S/c1-10(2)16(9-12-5-6-12)19(17,18)14-8-13(15)7-4-11(14)3/h4,7-8,10,12H,5-6,9,15H2,1-3H3. The van der Waals surface area contributed by atoms with Crippen LogP contribution >= 0.6 is 0 Å². The molecule has 1 aromatic carbocycles. The lowest BCUT2D eigenvalue weighted by Crippen LogP contribution is -2.38. The van der Waals surface area contributed by atoms with E-state index in [0.29, 0.717) is 23.0 Å². The van der Waals surface area contributed by atoms with E-state index in [-0.39, 0.29) is 6.04 Å². The van der Waals surface area contributed by atoms with Crippen molar-refractivity contribution < 1.29 is 8.42 Å². The van der Waals surface area contributed by atoms with Gasteiger partial charge in [-0.1, -0.05) is 6.07 Å². The zero-order chi connectivity index (χ0) is 14.2. The summed E-state index contributed by atoms with van der Waals surface area (Å²) < 4.78 is 27.2. The van der Waals surface area contributed by atoms with Crippen LogP contribution in [-0.2, 0) is 10.0 Å². The number of nitrogens with zero attached hydrogens (tertiary/aromatic N) is 1. The van der Waals surface area contributed by atoms with Crippen molar-refractivity contribution in [3.63, 3.8) is 0 Å². The summed E-state index contributed by atoms with van der Waals surface area (Å²) in [5, 5.41) is 0. The molecule has 0 amide bonds. The maximum atomic E-state index is 12.8. The third-order valence-corrected chi connectivity index (χ3v) is 5.69. The van der Waals surface area contributed by atoms with Gasteiger partial charge in [-0.05, 0) is 57.2 Å². The second kappa shape index (κ2) is 5.13. The second-order valence-corrected chi connectivity index (χ2v) is 7.50. The molecule has 0 aromatic heterocycles. The zero-order valence-electron chi connectivity index (χ0n) is 11.8. The van der Waals surface area contributed by atoms with Crippen LogP contribution in [0.4, 0.5) is 5.69 Å². The van der Waals surface area contributed by atoms with Crippen LogP contribution in [0.15, 0.2) is 23.1 Å². The van der Waals surface area contributed by atoms with Crippen molar-refractivity contribution in [2.75, 3.05) is 12.3 Å². The number of benzene rings is 1. The lowest BCUT2D eigenvalue weighted by atomic mass is 10.2. The van der Waals surface area contributed by atoms with Crippen LogP contribution in [0.3, 0.4) is 0 Å². The lowest BCUT2D eigenvalue weighted by Gasteiger charge is -2.26. The highest BCUT2D eigenvalue weighted by molar-refractivity contribution is 7.89. The van der Waals surface area contributed by atoms with Crippen molar-refractivity contribution in [1.29, 1.82) is 0 Å². The largest absolute Gasteiger partial charge is 0.399 e. The molecule has 1 aromatic rings. The molecule has 0 radical (unpaired) electrons. The minimum Gasteiger partial charge on any atom is -0.399 e. The molecule has 1 fully saturated rings. The van der Waals surface area contributed by atoms with Gasteiger partial charge in [-0.15, -0.1) is 0 Å². The van der Waals surface area contributed by atoms with Crippen molar-refractivity contribution >= 4 is 15.7 Å². The second-order valence-electron chi connectivity index (χ2n) is 5.64. The van der Waals surface area contributed by atoms with Crippen LogP contribution in [-0.4, -0.2) is 25.3 Å². The average Bonchev–Trinajstić information content (AvgIpc) is 3.12. The highest BCUT2D eigenvalue weighted by Gasteiger charge is 2.34. The molecule has 1 aliphatic rings. The number of hydrogen-bond donors (Lipinski definition) is 1. The molecule has 0 atom stereocenters. The topological polar surface area (TPSA) is 63.4 Å². The molecule has 0 spiro atoms. The van der Waals surface area contributed by atoms with Gasteiger partial charge in [0, 0.05) is 18.3 Å². The lowest BCUT2D eigenvalue weighted by molar-refractivity contribution is 0.341. The number of nitrogens with two attached hydrogens (primary N) is 1. The fourth-order valence-electron chi connectivity index (χ4n) is 2.16. The summed E-state index contributed by atoms with van der Waals surface area (Å²) in [5.41, 5.74) is 6.96. The predicted octanol–water partition coefficient (Wildman–Crippen LogP) is 2.39. The van der Waals surface area contributed by atoms with E-state index in [2.05, 4.69) is 0 Å². The number of rotatable bonds is 5. The van der Waals surface area contributed by atoms with Gasteiger partial charge in [0.2, 0.25) is 10.0 Å². The highest BCUT2D eigenvalue weighted by atomic mass is 32.2. The Morgan fingerprint density at radius 3 is 2.53 bits per heavy atom. The van der Waals surface area contributed by atoms with Gasteiger partial charge in [0.1, 0.15) is 0 Å². The predicted molar refractivity (Wildman–Crippen MR) is 77.3 cm³/mol. The third kappa shape index (κ3) is 3.09. The Bertz CT molecular complexity index is 563. The fraction of sp³-hybridized carbons (Fsp3) is 0.571. The zero-order valence-corrected chi connectivity index (χ0v) is 12.6. The Hall–Kier alpha value is -1.07. The van der Waals surface area contributed by atoms with Gasteiger partial charge in [0.15, 0.2) is 0 Å². The van der Waals surface area contributed by atoms with Crippen LogP contribution in [0.2, 0.25) is 0 Å². The number of nitrogen functional groups attached to an aromatic ring is 1. The first-order chi connectivity index (χ1) is 8.82. The van der Waals surface area contributed by atoms with Crippen LogP contribution < -0.4 is 5.73 Å². The van der Waals surface area contributed by atoms with E-state index in [9.17, 15) is 8.42 Å². The maximum Gasteiger partial charge on any atom is 0.243 e. The molecule has 0 saturated heterocycles. The molecule has 2 N–H and O–H groups in total. The molecule has 0 aliphatic heterocycles. The van der Waals surface area contributed by atoms with Crippen LogP contribution in [0.1, 0.15) is 32.3 Å². The highest BCUT2D eigenvalue weighted by Crippen LogP contribution is 2.33. The van der Waals surface area contributed by atoms with E-state index in [4.69, 9.17) is 5.73 Å². The molecule has 19 heavy (non-hydrogen) atoms. The minimum atomic E-state index is -3.46. The first-order valence-corrected chi connectivity index (χ1v) is 8.14. The van der Waals surface area contributed by atoms with Crippen LogP contribution in [0.5, 0.6) is 0 Å². The third-order valence-electron chi connectivity index (χ3n) is 3.51. The van der Waals surface area contributed by atoms with Crippen LogP contribution in [0, 0.1) is 12.8 Å². The van der Waals surface area contributed by atoms with Crippen molar-refractivity contribution in [2.24, 2.45) is 5.92 Å². The maximum absolute atomic E-state index is 12.8. The van der Waals surface area contributed by atoms with E-state index in [1.807, 2.05) is 20.8 Å². The molecule has 1 saturated carbocycles. The van der Waals surface area contributed by atoms with Gasteiger partial charge in [-0.25, -0.2) is 8.42 Å². The molecular weight excluding hydrogens is 260 g/mol. The number of aryl methyl sites for hydroxylation is 1. The summed E-state index contributed by atoms with van der Waals surface area (Å²) in [6.07, 6.45) is 2.27. The molecule has 5 heteroatoms. The Labute approximate surface area is 115 Å². The monoisotopic (exact) mass is 282 g/mol. The van der Waals surface area contributed by atoms with Gasteiger partial charge in [-0.2, -0.15) is 4.31 Å². The van der Waals surface area contributed by atoms with Gasteiger partial charge < -0.3 is 5.73 Å². The van der Waals surface area contributed by atoms with E-state index in [1.165, 1.54) is 0 Å². The molecule has 106 valence electrons. The molecule has 0 unspecified atom stereocenters. The van der Waals surface area contributed by atoms with Crippen molar-refractivity contribution in [2.45, 2.75) is 44.6 Å². The smallest absolute Gasteiger partial charge is 0.243 e. The van der Waals surface area contributed by atoms with Gasteiger partial charge >= 0.3 is 0 Å². The normalized spacial score (nSPS) is 16.3. The summed E-state index contributed by atoms with van der Waals surface area (Å²) in [6.45, 7) is 6.26. The van der Waals surface area contributed by atoms with Crippen molar-refractivity contribution in [3.05, 3.63) is 23.8 Å². The summed E-state index contributed by atoms with van der Waals surface area (Å²) in [6, 6.07) is 5.02. The molecular formula is C14H22N2O2S. The first kappa shape index (κ1) is 14.3. The molecule has 0 bridgehead atoms. The summed E-state index contributed by atoms with van der Waals surface area (Å²) in [4.78, 5) is 0.335. The Morgan fingerprint density at radius 1 is 1.37 bits per heavy atom. The van der Waals surface area contributed by atoms with E-state index < -0.39 is 10.0 Å². The summed E-state index contributed by atoms with van der Waals surface area (Å²) in [5.74, 6) is 0.526. The quantitative estimate of drug-likeness (QED) is 0.843. The van der Waals surface area contributed by atoms with E-state index in [0.717, 1.165) is 18.4 Å². The van der Waals surface area contributed by atoms with E-state index >= 15 is 0 Å². The number of sulfonamides is 1. The molecule has 0 heterocycles. The molecule has 2 rings (SSSR count). The van der Waals surface area contributed by atoms with Crippen LogP contribution in [0.25, 0.3) is 0 Å². The Kier molecular flexibility index (Phi) is 3.87.